The number of fused-ring (bicyclic) bond motifs is 4. The van der Waals surface area contributed by atoms with Gasteiger partial charge in [-0.15, -0.1) is 0 Å². The Morgan fingerprint density at radius 2 is 1.13 bits per heavy atom. The summed E-state index contributed by atoms with van der Waals surface area (Å²) in [5.74, 6) is 0.399. The molecule has 6 heterocycles. The van der Waals surface area contributed by atoms with Crippen LogP contribution in [0.15, 0.2) is 144 Å². The predicted octanol–water partition coefficient (Wildman–Crippen LogP) is 10.3. The van der Waals surface area contributed by atoms with Gasteiger partial charge < -0.3 is 26.1 Å². The molecule has 2 atom stereocenters. The van der Waals surface area contributed by atoms with Crippen molar-refractivity contribution >= 4 is 61.3 Å². The van der Waals surface area contributed by atoms with Crippen LogP contribution in [0.2, 0.25) is 5.15 Å². The summed E-state index contributed by atoms with van der Waals surface area (Å²) >= 11 is 5.73. The zero-order valence-corrected chi connectivity index (χ0v) is 38.6. The van der Waals surface area contributed by atoms with E-state index in [1.54, 1.807) is 75.6 Å². The van der Waals surface area contributed by atoms with Crippen LogP contribution < -0.4 is 22.2 Å². The third kappa shape index (κ3) is 11.7. The third-order valence-corrected chi connectivity index (χ3v) is 10.5. The maximum atomic E-state index is 14.6. The number of rotatable bonds is 8. The van der Waals surface area contributed by atoms with Gasteiger partial charge in [-0.2, -0.15) is 0 Å². The molecule has 6 aromatic heterocycles. The molecule has 6 N–H and O–H groups in total. The van der Waals surface area contributed by atoms with E-state index in [0.717, 1.165) is 16.4 Å². The van der Waals surface area contributed by atoms with Gasteiger partial charge in [0.25, 0.3) is 11.1 Å². The van der Waals surface area contributed by atoms with E-state index in [-0.39, 0.29) is 24.2 Å². The average molecular weight is 956 g/mol. The van der Waals surface area contributed by atoms with E-state index >= 15 is 0 Å². The van der Waals surface area contributed by atoms with Crippen LogP contribution in [0.1, 0.15) is 78.6 Å². The van der Waals surface area contributed by atoms with Gasteiger partial charge in [-0.1, -0.05) is 81.4 Å². The Hall–Kier alpha value is -7.73. The van der Waals surface area contributed by atoms with E-state index < -0.39 is 34.4 Å². The molecule has 15 nitrogen and oxygen atoms in total. The Kier molecular flexibility index (Phi) is 16.4. The van der Waals surface area contributed by atoms with E-state index in [9.17, 15) is 18.4 Å². The highest BCUT2D eigenvalue weighted by atomic mass is 35.5. The fraction of sp³-hybridized carbons (Fsp3) is 0.216. The molecule has 0 radical (unpaired) electrons. The lowest BCUT2D eigenvalue weighted by Gasteiger charge is -2.22. The molecule has 69 heavy (non-hydrogen) atoms. The summed E-state index contributed by atoms with van der Waals surface area (Å²) in [7, 11) is 0. The number of hydrogen-bond acceptors (Lipinski definition) is 11. The monoisotopic (exact) mass is 954 g/mol. The molecule has 10 rings (SSSR count). The summed E-state index contributed by atoms with van der Waals surface area (Å²) < 4.78 is 31.5. The summed E-state index contributed by atoms with van der Waals surface area (Å²) in [5.41, 5.74) is 8.12. The van der Waals surface area contributed by atoms with Crippen molar-refractivity contribution in [1.82, 2.24) is 49.0 Å². The number of halogens is 3. The zero-order chi connectivity index (χ0) is 48.5. The topological polar surface area (TPSA) is 211 Å². The van der Waals surface area contributed by atoms with Crippen molar-refractivity contribution in [3.63, 3.8) is 0 Å². The molecule has 0 saturated heterocycles. The normalized spacial score (nSPS) is 11.9. The molecule has 10 aromatic rings. The van der Waals surface area contributed by atoms with E-state index in [0.29, 0.717) is 63.5 Å². The summed E-state index contributed by atoms with van der Waals surface area (Å²) in [6, 6.07) is 30.1. The Morgan fingerprint density at radius 1 is 0.667 bits per heavy atom. The predicted molar refractivity (Wildman–Crippen MR) is 270 cm³/mol. The highest BCUT2D eigenvalue weighted by Crippen LogP contribution is 2.28. The van der Waals surface area contributed by atoms with Crippen molar-refractivity contribution in [2.24, 2.45) is 5.73 Å². The van der Waals surface area contributed by atoms with Crippen LogP contribution in [0, 0.1) is 11.6 Å². The van der Waals surface area contributed by atoms with Gasteiger partial charge in [-0.3, -0.25) is 18.7 Å². The summed E-state index contributed by atoms with van der Waals surface area (Å²) in [6.07, 6.45) is 7.73. The number of benzene rings is 4. The van der Waals surface area contributed by atoms with Gasteiger partial charge in [-0.05, 0) is 94.3 Å². The first-order chi connectivity index (χ1) is 32.7. The Labute approximate surface area is 401 Å². The fourth-order valence-electron chi connectivity index (χ4n) is 7.07. The highest BCUT2D eigenvalue weighted by Gasteiger charge is 2.23. The molecule has 4 aromatic carbocycles. The van der Waals surface area contributed by atoms with Gasteiger partial charge in [0.15, 0.2) is 0 Å². The molecular formula is C51H53ClF2N12O3. The molecule has 0 amide bonds. The maximum absolute atomic E-state index is 14.6. The number of para-hydroxylation sites is 2. The van der Waals surface area contributed by atoms with Crippen molar-refractivity contribution in [3.8, 4) is 11.4 Å². The number of aliphatic hydroxyl groups is 1. The number of nitrogens with one attached hydrogen (secondary N) is 3. The van der Waals surface area contributed by atoms with Crippen LogP contribution in [0.5, 0.6) is 0 Å². The minimum atomic E-state index is -0.586. The summed E-state index contributed by atoms with van der Waals surface area (Å²) in [5, 5.41) is 14.1. The van der Waals surface area contributed by atoms with Crippen LogP contribution in [0.4, 0.5) is 14.6 Å². The van der Waals surface area contributed by atoms with Gasteiger partial charge in [-0.25, -0.2) is 38.7 Å². The lowest BCUT2D eigenvalue weighted by Crippen LogP contribution is -2.28. The number of aromatic nitrogens is 10. The maximum Gasteiger partial charge on any atom is 0.269 e. The second-order valence-electron chi connectivity index (χ2n) is 16.3. The summed E-state index contributed by atoms with van der Waals surface area (Å²) in [6.45, 7) is 9.14. The number of nitrogens with zero attached hydrogens (tertiary/aromatic N) is 8. The molecule has 0 fully saturated rings. The van der Waals surface area contributed by atoms with Crippen LogP contribution in [0.25, 0.3) is 55.2 Å². The Bertz CT molecular complexity index is 3420. The molecular weight excluding hydrogens is 902 g/mol. The molecule has 356 valence electrons. The molecule has 0 aliphatic heterocycles. The van der Waals surface area contributed by atoms with Gasteiger partial charge in [0, 0.05) is 12.4 Å². The first-order valence-electron chi connectivity index (χ1n) is 21.7. The van der Waals surface area contributed by atoms with Crippen molar-refractivity contribution in [3.05, 3.63) is 183 Å². The van der Waals surface area contributed by atoms with Crippen molar-refractivity contribution in [1.29, 1.82) is 0 Å². The second-order valence-corrected chi connectivity index (χ2v) is 16.7. The van der Waals surface area contributed by atoms with Crippen LogP contribution in [-0.2, 0) is 0 Å². The van der Waals surface area contributed by atoms with E-state index in [2.05, 4.69) is 40.2 Å². The van der Waals surface area contributed by atoms with E-state index in [4.69, 9.17) is 27.4 Å². The van der Waals surface area contributed by atoms with Gasteiger partial charge in [0.1, 0.15) is 69.0 Å². The number of aromatic amines is 2. The smallest absolute Gasteiger partial charge is 0.269 e. The third-order valence-electron chi connectivity index (χ3n) is 10.2. The van der Waals surface area contributed by atoms with Gasteiger partial charge in [0.05, 0.1) is 50.9 Å². The van der Waals surface area contributed by atoms with Gasteiger partial charge >= 0.3 is 0 Å². The number of hydrogen-bond donors (Lipinski definition) is 5. The minimum Gasteiger partial charge on any atom is -0.391 e. The average Bonchev–Trinajstić information content (AvgIpc) is 4.03. The molecule has 0 bridgehead atoms. The molecule has 18 heteroatoms. The quantitative estimate of drug-likeness (QED) is 0.0905. The molecule has 0 saturated carbocycles. The molecule has 0 aliphatic carbocycles. The zero-order valence-electron chi connectivity index (χ0n) is 37.8. The Morgan fingerprint density at radius 3 is 1.62 bits per heavy atom. The first kappa shape index (κ1) is 50.7. The van der Waals surface area contributed by atoms with E-state index in [1.807, 2.05) is 62.4 Å². The van der Waals surface area contributed by atoms with Crippen LogP contribution in [-0.4, -0.2) is 59.7 Å². The minimum absolute atomic E-state index is 0. The lowest BCUT2D eigenvalue weighted by molar-refractivity contribution is 0.102. The lowest BCUT2D eigenvalue weighted by atomic mass is 10.1. The first-order valence-corrected chi connectivity index (χ1v) is 22.1. The second kappa shape index (κ2) is 22.4. The van der Waals surface area contributed by atoms with Crippen LogP contribution >= 0.6 is 11.6 Å². The SMILES string of the molecule is C.CC(C)(C)O.CC[C@H](N)c1nc2cccc(F)c2c(=O)n1-c1ccccc1.CC[C@H](Nc1ncnc2[nH]ccc12)c1nc2cccc(F)c2c(=O)n1-c1ccccc1.Clc1ncnc2[nH]ccc12. The molecule has 0 spiro atoms. The number of H-pyrrole nitrogens is 2. The van der Waals surface area contributed by atoms with Crippen LogP contribution in [0.3, 0.4) is 0 Å². The Balaban J connectivity index is 0.000000178. The molecule has 0 unspecified atom stereocenters. The van der Waals surface area contributed by atoms with Crippen molar-refractivity contribution in [2.75, 3.05) is 5.32 Å². The largest absolute Gasteiger partial charge is 0.391 e. The summed E-state index contributed by atoms with van der Waals surface area (Å²) in [4.78, 5) is 57.8. The van der Waals surface area contributed by atoms with Gasteiger partial charge in [0.2, 0.25) is 0 Å². The van der Waals surface area contributed by atoms with E-state index in [1.165, 1.54) is 40.0 Å². The number of nitrogens with two attached hydrogens (primary N) is 1. The molecule has 0 aliphatic rings. The number of anilines is 1. The fourth-order valence-corrected chi connectivity index (χ4v) is 7.27. The van der Waals surface area contributed by atoms with Crippen molar-refractivity contribution in [2.45, 2.75) is 72.6 Å². The van der Waals surface area contributed by atoms with Crippen molar-refractivity contribution < 1.29 is 13.9 Å². The highest BCUT2D eigenvalue weighted by molar-refractivity contribution is 6.33. The standard InChI is InChI=1S/C23H19FN6O.C17H16FN3O.C6H4ClN3.C4H10O.CH4/c1-2-17(28-21-15-11-12-25-20(15)26-13-27-21)22-29-18-10-6-9-16(24)19(18)23(31)30(22)14-7-4-3-5-8-14;1-2-13(19)16-20-14-10-6-9-12(18)15(14)17(22)21(16)11-7-4-3-5-8-11;7-5-4-1-2-8-6(4)10-3-9-5;1-4(2,3)5;/h3-13,17H,2H2,1H3,(H2,25,26,27,28);3-10,13H,2,19H2,1H3;1-3H,(H,8,9,10);5H,1-3H3;1H4/t17-;13-;;;/m00.../s1.